The van der Waals surface area contributed by atoms with Crippen molar-refractivity contribution < 1.29 is 9.53 Å². The lowest BCUT2D eigenvalue weighted by molar-refractivity contribution is -0.119. The third-order valence-corrected chi connectivity index (χ3v) is 2.89. The van der Waals surface area contributed by atoms with E-state index in [1.54, 1.807) is 0 Å². The Kier molecular flexibility index (Phi) is 1.70. The number of hydrogen-bond acceptors (Lipinski definition) is 2. The second-order valence-electron chi connectivity index (χ2n) is 3.86. The van der Waals surface area contributed by atoms with E-state index in [0.717, 1.165) is 11.1 Å². The third-order valence-electron chi connectivity index (χ3n) is 2.89. The minimum atomic E-state index is -0.609. The zero-order valence-corrected chi connectivity index (χ0v) is 8.19. The van der Waals surface area contributed by atoms with E-state index in [0.29, 0.717) is 6.42 Å². The third kappa shape index (κ3) is 1.20. The summed E-state index contributed by atoms with van der Waals surface area (Å²) in [7, 11) is 0. The van der Waals surface area contributed by atoms with Gasteiger partial charge in [0, 0.05) is 12.0 Å². The molecule has 0 bridgehead atoms. The number of amides is 1. The molecule has 15 heavy (non-hydrogen) atoms. The van der Waals surface area contributed by atoms with E-state index in [1.165, 1.54) is 0 Å². The molecule has 1 fully saturated rings. The predicted molar refractivity (Wildman–Crippen MR) is 55.9 cm³/mol. The molecule has 1 unspecified atom stereocenters. The highest BCUT2D eigenvalue weighted by atomic mass is 16.5. The van der Waals surface area contributed by atoms with Gasteiger partial charge in [0.2, 0.25) is 5.91 Å². The van der Waals surface area contributed by atoms with Gasteiger partial charge in [0.15, 0.2) is 5.72 Å². The first kappa shape index (κ1) is 8.68. The first-order valence-corrected chi connectivity index (χ1v) is 5.01. The maximum atomic E-state index is 11.3. The van der Waals surface area contributed by atoms with E-state index in [9.17, 15) is 4.79 Å². The average Bonchev–Trinajstić information content (AvgIpc) is 2.62. The monoisotopic (exact) mass is 201 g/mol. The zero-order valence-electron chi connectivity index (χ0n) is 8.19. The quantitative estimate of drug-likeness (QED) is 0.689. The minimum absolute atomic E-state index is 0.0416. The van der Waals surface area contributed by atoms with Crippen LogP contribution in [0.25, 0.3) is 6.08 Å². The highest BCUT2D eigenvalue weighted by molar-refractivity contribution is 5.80. The van der Waals surface area contributed by atoms with Crippen LogP contribution in [-0.4, -0.2) is 12.5 Å². The maximum absolute atomic E-state index is 11.3. The number of hydrogen-bond donors (Lipinski definition) is 1. The Hall–Kier alpha value is -1.61. The fraction of sp³-hybridized carbons (Fsp3) is 0.250. The van der Waals surface area contributed by atoms with Crippen LogP contribution in [0.3, 0.4) is 0 Å². The van der Waals surface area contributed by atoms with Crippen LogP contribution in [0.5, 0.6) is 0 Å². The lowest BCUT2D eigenvalue weighted by Gasteiger charge is -2.31. The summed E-state index contributed by atoms with van der Waals surface area (Å²) in [4.78, 5) is 11.3. The van der Waals surface area contributed by atoms with Crippen molar-refractivity contribution >= 4 is 12.0 Å². The molecule has 1 aliphatic heterocycles. The second-order valence-corrected chi connectivity index (χ2v) is 3.86. The molecule has 1 aromatic carbocycles. The smallest absolute Gasteiger partial charge is 0.248 e. The lowest BCUT2D eigenvalue weighted by Crippen LogP contribution is -2.41. The van der Waals surface area contributed by atoms with Gasteiger partial charge in [-0.2, -0.15) is 0 Å². The van der Waals surface area contributed by atoms with Gasteiger partial charge in [-0.25, -0.2) is 0 Å². The molecule has 1 saturated heterocycles. The molecule has 1 spiro atoms. The van der Waals surface area contributed by atoms with Crippen LogP contribution in [-0.2, 0) is 15.3 Å². The number of carbonyl (C=O) groups is 1. The molecule has 0 aromatic heterocycles. The van der Waals surface area contributed by atoms with Gasteiger partial charge in [-0.1, -0.05) is 36.4 Å². The molecule has 1 N–H and O–H groups in total. The summed E-state index contributed by atoms with van der Waals surface area (Å²) < 4.78 is 5.61. The summed E-state index contributed by atoms with van der Waals surface area (Å²) >= 11 is 0. The topological polar surface area (TPSA) is 38.3 Å². The van der Waals surface area contributed by atoms with Crippen molar-refractivity contribution in [1.82, 2.24) is 5.32 Å². The highest BCUT2D eigenvalue weighted by Crippen LogP contribution is 2.36. The Bertz CT molecular complexity index is 453. The van der Waals surface area contributed by atoms with Gasteiger partial charge in [0.25, 0.3) is 0 Å². The first-order chi connectivity index (χ1) is 7.30. The zero-order chi connectivity index (χ0) is 10.3. The first-order valence-electron chi connectivity index (χ1n) is 5.01. The summed E-state index contributed by atoms with van der Waals surface area (Å²) in [5, 5.41) is 2.91. The van der Waals surface area contributed by atoms with Gasteiger partial charge in [-0.3, -0.25) is 4.79 Å². The van der Waals surface area contributed by atoms with Crippen LogP contribution < -0.4 is 5.32 Å². The Morgan fingerprint density at radius 3 is 3.00 bits per heavy atom. The molecular formula is C12H11NO2. The van der Waals surface area contributed by atoms with Crippen LogP contribution in [0.2, 0.25) is 0 Å². The number of benzene rings is 1. The van der Waals surface area contributed by atoms with Crippen LogP contribution in [0.1, 0.15) is 17.5 Å². The number of fused-ring (bicyclic) bond motifs is 2. The lowest BCUT2D eigenvalue weighted by atomic mass is 9.89. The second kappa shape index (κ2) is 2.94. The van der Waals surface area contributed by atoms with Crippen LogP contribution >= 0.6 is 0 Å². The van der Waals surface area contributed by atoms with Gasteiger partial charge < -0.3 is 10.1 Å². The highest BCUT2D eigenvalue weighted by Gasteiger charge is 2.42. The van der Waals surface area contributed by atoms with Crippen molar-refractivity contribution in [3.63, 3.8) is 0 Å². The molecule has 3 heteroatoms. The molecule has 0 saturated carbocycles. The molecular weight excluding hydrogens is 190 g/mol. The fourth-order valence-electron chi connectivity index (χ4n) is 2.21. The summed E-state index contributed by atoms with van der Waals surface area (Å²) in [6, 6.07) is 7.98. The van der Waals surface area contributed by atoms with E-state index in [4.69, 9.17) is 4.74 Å². The number of nitrogens with one attached hydrogen (secondary N) is 1. The van der Waals surface area contributed by atoms with Gasteiger partial charge in [-0.05, 0) is 5.56 Å². The average molecular weight is 201 g/mol. The van der Waals surface area contributed by atoms with Crippen molar-refractivity contribution in [1.29, 1.82) is 0 Å². The molecule has 1 aliphatic carbocycles. The van der Waals surface area contributed by atoms with Gasteiger partial charge in [0.1, 0.15) is 6.61 Å². The van der Waals surface area contributed by atoms with E-state index >= 15 is 0 Å². The van der Waals surface area contributed by atoms with Crippen molar-refractivity contribution in [3.05, 3.63) is 41.5 Å². The van der Waals surface area contributed by atoms with Crippen molar-refractivity contribution in [2.24, 2.45) is 0 Å². The van der Waals surface area contributed by atoms with Gasteiger partial charge in [0.05, 0.1) is 0 Å². The summed E-state index contributed by atoms with van der Waals surface area (Å²) in [5.74, 6) is -0.0416. The SMILES string of the molecule is O=C1COC2(CC=Cc3ccccc32)N1. The number of carbonyl (C=O) groups excluding carboxylic acids is 1. The van der Waals surface area contributed by atoms with Crippen molar-refractivity contribution in [2.45, 2.75) is 12.1 Å². The summed E-state index contributed by atoms with van der Waals surface area (Å²) in [5.41, 5.74) is 1.56. The van der Waals surface area contributed by atoms with E-state index in [2.05, 4.69) is 11.4 Å². The molecule has 1 heterocycles. The normalized spacial score (nSPS) is 27.9. The maximum Gasteiger partial charge on any atom is 0.248 e. The molecule has 0 radical (unpaired) electrons. The molecule has 3 rings (SSSR count). The fourth-order valence-corrected chi connectivity index (χ4v) is 2.21. The van der Waals surface area contributed by atoms with Crippen molar-refractivity contribution in [3.8, 4) is 0 Å². The Balaban J connectivity index is 2.13. The van der Waals surface area contributed by atoms with Crippen LogP contribution in [0.15, 0.2) is 30.3 Å². The molecule has 1 atom stereocenters. The summed E-state index contributed by atoms with van der Waals surface area (Å²) in [6.45, 7) is 0.155. The summed E-state index contributed by atoms with van der Waals surface area (Å²) in [6.07, 6.45) is 4.80. The number of rotatable bonds is 0. The molecule has 1 aromatic rings. The predicted octanol–water partition coefficient (Wildman–Crippen LogP) is 1.40. The van der Waals surface area contributed by atoms with Crippen LogP contribution in [0, 0.1) is 0 Å². The van der Waals surface area contributed by atoms with Crippen LogP contribution in [0.4, 0.5) is 0 Å². The molecule has 1 amide bonds. The number of ether oxygens (including phenoxy) is 1. The minimum Gasteiger partial charge on any atom is -0.341 e. The van der Waals surface area contributed by atoms with E-state index in [1.807, 2.05) is 30.3 Å². The van der Waals surface area contributed by atoms with E-state index < -0.39 is 5.72 Å². The van der Waals surface area contributed by atoms with Crippen molar-refractivity contribution in [2.75, 3.05) is 6.61 Å². The van der Waals surface area contributed by atoms with Gasteiger partial charge in [-0.15, -0.1) is 0 Å². The largest absolute Gasteiger partial charge is 0.341 e. The Labute approximate surface area is 87.7 Å². The molecule has 76 valence electrons. The molecule has 2 aliphatic rings. The Morgan fingerprint density at radius 1 is 1.33 bits per heavy atom. The molecule has 3 nitrogen and oxygen atoms in total. The van der Waals surface area contributed by atoms with Gasteiger partial charge >= 0.3 is 0 Å². The standard InChI is InChI=1S/C12H11NO2/c14-11-8-15-12(13-11)7-3-5-9-4-1-2-6-10(9)12/h1-6H,7-8H2,(H,13,14). The van der Waals surface area contributed by atoms with E-state index in [-0.39, 0.29) is 12.5 Å². The Morgan fingerprint density at radius 2 is 2.20 bits per heavy atom.